The molecule has 2 aromatic carbocycles. The van der Waals surface area contributed by atoms with Gasteiger partial charge in [0.05, 0.1) is 17.0 Å². The number of quaternary nitrogens is 1. The van der Waals surface area contributed by atoms with Crippen molar-refractivity contribution in [1.29, 1.82) is 0 Å². The molecule has 3 heterocycles. The lowest BCUT2D eigenvalue weighted by Crippen LogP contribution is -2.57. The fourth-order valence-corrected chi connectivity index (χ4v) is 4.25. The van der Waals surface area contributed by atoms with E-state index in [-0.39, 0.29) is 4.59 Å². The van der Waals surface area contributed by atoms with E-state index < -0.39 is 5.54 Å². The van der Waals surface area contributed by atoms with Gasteiger partial charge in [-0.25, -0.2) is 0 Å². The van der Waals surface area contributed by atoms with Crippen LogP contribution in [0.1, 0.15) is 11.4 Å². The third-order valence-electron chi connectivity index (χ3n) is 5.66. The minimum Gasteiger partial charge on any atom is -0.298 e. The molecule has 4 aromatic rings. The summed E-state index contributed by atoms with van der Waals surface area (Å²) in [7, 11) is 0. The van der Waals surface area contributed by atoms with E-state index in [0.717, 1.165) is 17.7 Å². The van der Waals surface area contributed by atoms with Crippen LogP contribution < -0.4 is 10.0 Å². The Bertz CT molecular complexity index is 1130. The van der Waals surface area contributed by atoms with Gasteiger partial charge in [-0.3, -0.25) is 14.8 Å². The molecular weight excluding hydrogens is 384 g/mol. The summed E-state index contributed by atoms with van der Waals surface area (Å²) in [6, 6.07) is 31.6. The van der Waals surface area contributed by atoms with Gasteiger partial charge in [-0.15, -0.1) is 5.43 Å². The van der Waals surface area contributed by atoms with Crippen molar-refractivity contribution >= 4 is 17.7 Å². The summed E-state index contributed by atoms with van der Waals surface area (Å²) in [5.41, 5.74) is 6.67. The molecule has 5 heteroatoms. The van der Waals surface area contributed by atoms with Gasteiger partial charge < -0.3 is 0 Å². The highest BCUT2D eigenvalue weighted by Gasteiger charge is 2.56. The number of rotatable bonds is 5. The van der Waals surface area contributed by atoms with Gasteiger partial charge in [0.25, 0.3) is 0 Å². The van der Waals surface area contributed by atoms with Crippen LogP contribution in [0.5, 0.6) is 0 Å². The lowest BCUT2D eigenvalue weighted by Gasteiger charge is -2.36. The van der Waals surface area contributed by atoms with Gasteiger partial charge in [0, 0.05) is 36.7 Å². The van der Waals surface area contributed by atoms with E-state index in [1.54, 1.807) is 12.4 Å². The molecule has 0 saturated carbocycles. The maximum absolute atomic E-state index is 12.5. The van der Waals surface area contributed by atoms with E-state index in [9.17, 15) is 4.79 Å². The molecule has 0 fully saturated rings. The topological polar surface area (TPSA) is 54.9 Å². The molecule has 0 spiro atoms. The van der Waals surface area contributed by atoms with Crippen molar-refractivity contribution in [3.63, 3.8) is 0 Å². The first-order valence-corrected chi connectivity index (χ1v) is 10.1. The smallest absolute Gasteiger partial charge is 0.184 e. The standard InChI is InChI=1S/C26H21N4O/c31-20-21-19-30(22-11-3-1-4-12-22,23-13-5-2-6-14-23)29-26(21,24-15-7-9-17-27-24)25-16-8-10-18-28-25/h1-20,29H/q+1. The lowest BCUT2D eigenvalue weighted by molar-refractivity contribution is -0.105. The number of nitrogens with zero attached hydrogens (tertiary/aromatic N) is 3. The van der Waals surface area contributed by atoms with Gasteiger partial charge in [-0.2, -0.15) is 4.59 Å². The highest BCUT2D eigenvalue weighted by atomic mass is 16.1. The zero-order valence-electron chi connectivity index (χ0n) is 16.8. The van der Waals surface area contributed by atoms with Crippen LogP contribution in [0, 0.1) is 0 Å². The fourth-order valence-electron chi connectivity index (χ4n) is 4.25. The minimum atomic E-state index is -1.02. The van der Waals surface area contributed by atoms with Crippen molar-refractivity contribution in [2.75, 3.05) is 0 Å². The molecule has 5 rings (SSSR count). The van der Waals surface area contributed by atoms with Crippen LogP contribution in [0.4, 0.5) is 11.4 Å². The van der Waals surface area contributed by atoms with Crippen LogP contribution >= 0.6 is 0 Å². The summed E-state index contributed by atoms with van der Waals surface area (Å²) in [6.07, 6.45) is 6.34. The minimum absolute atomic E-state index is 0.156. The number of aromatic nitrogens is 2. The van der Waals surface area contributed by atoms with Crippen LogP contribution in [0.2, 0.25) is 0 Å². The molecule has 1 aliphatic heterocycles. The van der Waals surface area contributed by atoms with E-state index in [2.05, 4.69) is 15.4 Å². The van der Waals surface area contributed by atoms with Crippen molar-refractivity contribution in [3.05, 3.63) is 133 Å². The number of aldehydes is 1. The maximum atomic E-state index is 12.5. The zero-order chi connectivity index (χ0) is 21.2. The van der Waals surface area contributed by atoms with Crippen LogP contribution in [0.25, 0.3) is 0 Å². The average Bonchev–Trinajstić information content (AvgIpc) is 3.24. The summed E-state index contributed by atoms with van der Waals surface area (Å²) in [5, 5.41) is 0. The van der Waals surface area contributed by atoms with E-state index in [0.29, 0.717) is 17.0 Å². The predicted octanol–water partition coefficient (Wildman–Crippen LogP) is 4.66. The largest absolute Gasteiger partial charge is 0.298 e. The zero-order valence-corrected chi connectivity index (χ0v) is 16.8. The SMILES string of the molecule is O=CC1=C[N+](c2ccccc2)(c2ccccc2)NC1(c1ccccn1)c1ccccn1. The first-order chi connectivity index (χ1) is 15.3. The van der Waals surface area contributed by atoms with Crippen molar-refractivity contribution in [1.82, 2.24) is 20.0 Å². The highest BCUT2D eigenvalue weighted by Crippen LogP contribution is 2.46. The molecule has 1 N–H and O–H groups in total. The van der Waals surface area contributed by atoms with Crippen LogP contribution in [0.15, 0.2) is 121 Å². The number of nitrogens with one attached hydrogen (secondary N) is 1. The van der Waals surface area contributed by atoms with Crippen LogP contribution in [0.3, 0.4) is 0 Å². The third-order valence-corrected chi connectivity index (χ3v) is 5.66. The Hall–Kier alpha value is -3.93. The van der Waals surface area contributed by atoms with Crippen molar-refractivity contribution in [2.24, 2.45) is 0 Å². The molecule has 0 bridgehead atoms. The number of pyridine rings is 2. The third kappa shape index (κ3) is 2.99. The lowest BCUT2D eigenvalue weighted by atomic mass is 9.84. The number of hydrogen-bond donors (Lipinski definition) is 1. The molecule has 150 valence electrons. The number of benzene rings is 2. The Kier molecular flexibility index (Phi) is 4.75. The van der Waals surface area contributed by atoms with Gasteiger partial charge in [-0.05, 0) is 24.3 Å². The second kappa shape index (κ2) is 7.72. The van der Waals surface area contributed by atoms with Crippen molar-refractivity contribution in [3.8, 4) is 0 Å². The quantitative estimate of drug-likeness (QED) is 0.388. The molecule has 1 aliphatic rings. The average molecular weight is 405 g/mol. The Morgan fingerprint density at radius 1 is 0.677 bits per heavy atom. The van der Waals surface area contributed by atoms with E-state index in [1.807, 2.05) is 103 Å². The van der Waals surface area contributed by atoms with Gasteiger partial charge in [0.1, 0.15) is 6.20 Å². The molecule has 0 unspecified atom stereocenters. The highest BCUT2D eigenvalue weighted by molar-refractivity contribution is 5.83. The molecule has 0 aliphatic carbocycles. The molecule has 5 nitrogen and oxygen atoms in total. The summed E-state index contributed by atoms with van der Waals surface area (Å²) in [4.78, 5) is 21.8. The number of para-hydroxylation sites is 2. The van der Waals surface area contributed by atoms with Crippen LogP contribution in [-0.2, 0) is 10.3 Å². The number of hydrogen-bond acceptors (Lipinski definition) is 4. The van der Waals surface area contributed by atoms with E-state index in [1.165, 1.54) is 0 Å². The molecule has 0 amide bonds. The second-order valence-electron chi connectivity index (χ2n) is 7.39. The summed E-state index contributed by atoms with van der Waals surface area (Å²) < 4.78 is 0.156. The predicted molar refractivity (Wildman–Crippen MR) is 121 cm³/mol. The van der Waals surface area contributed by atoms with Gasteiger partial charge in [-0.1, -0.05) is 48.5 Å². The van der Waals surface area contributed by atoms with E-state index >= 15 is 0 Å². The number of carbonyl (C=O) groups excluding carboxylic acids is 1. The fraction of sp³-hybridized carbons (Fsp3) is 0.0385. The molecule has 2 aromatic heterocycles. The normalized spacial score (nSPS) is 16.5. The maximum Gasteiger partial charge on any atom is 0.184 e. The summed E-state index contributed by atoms with van der Waals surface area (Å²) >= 11 is 0. The molecule has 0 radical (unpaired) electrons. The monoisotopic (exact) mass is 405 g/mol. The van der Waals surface area contributed by atoms with E-state index in [4.69, 9.17) is 0 Å². The Morgan fingerprint density at radius 2 is 1.16 bits per heavy atom. The van der Waals surface area contributed by atoms with Gasteiger partial charge in [0.2, 0.25) is 0 Å². The van der Waals surface area contributed by atoms with Crippen molar-refractivity contribution in [2.45, 2.75) is 5.54 Å². The van der Waals surface area contributed by atoms with Crippen molar-refractivity contribution < 1.29 is 4.79 Å². The Balaban J connectivity index is 1.83. The molecular formula is C26H21N4O+. The van der Waals surface area contributed by atoms with Crippen LogP contribution in [-0.4, -0.2) is 16.3 Å². The molecule has 0 atom stereocenters. The first kappa shape index (κ1) is 19.1. The number of carbonyl (C=O) groups is 1. The first-order valence-electron chi connectivity index (χ1n) is 10.1. The summed E-state index contributed by atoms with van der Waals surface area (Å²) in [6.45, 7) is 0. The Labute approximate surface area is 180 Å². The Morgan fingerprint density at radius 3 is 1.58 bits per heavy atom. The van der Waals surface area contributed by atoms with Gasteiger partial charge >= 0.3 is 0 Å². The second-order valence-corrected chi connectivity index (χ2v) is 7.39. The van der Waals surface area contributed by atoms with Gasteiger partial charge in [0.15, 0.2) is 23.2 Å². The molecule has 31 heavy (non-hydrogen) atoms. The summed E-state index contributed by atoms with van der Waals surface area (Å²) in [5.74, 6) is 0. The molecule has 0 saturated heterocycles.